The van der Waals surface area contributed by atoms with Gasteiger partial charge in [0.05, 0.1) is 11.4 Å². The Labute approximate surface area is 159 Å². The summed E-state index contributed by atoms with van der Waals surface area (Å²) in [4.78, 5) is 17.7. The molecule has 0 saturated heterocycles. The van der Waals surface area contributed by atoms with Crippen LogP contribution in [0.1, 0.15) is 0 Å². The summed E-state index contributed by atoms with van der Waals surface area (Å²) in [5, 5.41) is 3.96. The van der Waals surface area contributed by atoms with E-state index >= 15 is 0 Å². The molecule has 0 atom stereocenters. The number of imidazole rings is 1. The SMILES string of the molecule is O=C(CSc1ccc(F)cc1)Nc1cccc(-c2cn3c(n2)SCC3)c1. The first-order valence-corrected chi connectivity index (χ1v) is 10.1. The minimum absolute atomic E-state index is 0.0978. The fourth-order valence-electron chi connectivity index (χ4n) is 2.68. The zero-order valence-corrected chi connectivity index (χ0v) is 15.4. The first-order chi connectivity index (χ1) is 12.7. The molecule has 0 spiro atoms. The van der Waals surface area contributed by atoms with Crippen molar-refractivity contribution >= 4 is 35.1 Å². The van der Waals surface area contributed by atoms with Gasteiger partial charge in [-0.2, -0.15) is 0 Å². The molecule has 132 valence electrons. The Morgan fingerprint density at radius 2 is 2.12 bits per heavy atom. The minimum Gasteiger partial charge on any atom is -0.325 e. The number of hydrogen-bond acceptors (Lipinski definition) is 4. The summed E-state index contributed by atoms with van der Waals surface area (Å²) in [7, 11) is 0. The zero-order chi connectivity index (χ0) is 17.9. The molecule has 1 aliphatic heterocycles. The number of aromatic nitrogens is 2. The quantitative estimate of drug-likeness (QED) is 0.656. The van der Waals surface area contributed by atoms with Crippen LogP contribution in [0, 0.1) is 5.82 Å². The molecule has 0 radical (unpaired) electrons. The minimum atomic E-state index is -0.278. The number of nitrogens with one attached hydrogen (secondary N) is 1. The fraction of sp³-hybridized carbons (Fsp3) is 0.158. The standard InChI is InChI=1S/C19H16FN3OS2/c20-14-4-6-16(7-5-14)26-12-18(24)21-15-3-1-2-13(10-15)17-11-23-8-9-25-19(23)22-17/h1-7,10-11H,8-9,12H2,(H,21,24). The van der Waals surface area contributed by atoms with Gasteiger partial charge in [0.2, 0.25) is 5.91 Å². The number of halogens is 1. The number of nitrogens with zero attached hydrogens (tertiary/aromatic N) is 2. The number of carbonyl (C=O) groups is 1. The van der Waals surface area contributed by atoms with Crippen molar-refractivity contribution in [2.75, 3.05) is 16.8 Å². The van der Waals surface area contributed by atoms with Gasteiger partial charge in [-0.25, -0.2) is 9.37 Å². The Morgan fingerprint density at radius 1 is 1.27 bits per heavy atom. The summed E-state index contributed by atoms with van der Waals surface area (Å²) in [6, 6.07) is 13.8. The average molecular weight is 385 g/mol. The zero-order valence-electron chi connectivity index (χ0n) is 13.8. The maximum atomic E-state index is 12.9. The summed E-state index contributed by atoms with van der Waals surface area (Å²) in [5.74, 6) is 0.967. The van der Waals surface area contributed by atoms with E-state index in [0.717, 1.165) is 39.3 Å². The molecule has 4 nitrogen and oxygen atoms in total. The van der Waals surface area contributed by atoms with Crippen molar-refractivity contribution in [1.29, 1.82) is 0 Å². The molecule has 4 rings (SSSR count). The van der Waals surface area contributed by atoms with E-state index in [1.165, 1.54) is 23.9 Å². The molecule has 3 aromatic rings. The third-order valence-electron chi connectivity index (χ3n) is 3.93. The number of rotatable bonds is 5. The predicted octanol–water partition coefficient (Wildman–Crippen LogP) is 4.53. The van der Waals surface area contributed by atoms with Crippen molar-refractivity contribution in [3.05, 3.63) is 60.5 Å². The molecule has 1 aliphatic rings. The van der Waals surface area contributed by atoms with Gasteiger partial charge < -0.3 is 9.88 Å². The van der Waals surface area contributed by atoms with E-state index in [1.807, 2.05) is 24.3 Å². The van der Waals surface area contributed by atoms with Crippen LogP contribution in [0.2, 0.25) is 0 Å². The molecular formula is C19H16FN3OS2. The van der Waals surface area contributed by atoms with Gasteiger partial charge in [0, 0.05) is 34.6 Å². The highest BCUT2D eigenvalue weighted by molar-refractivity contribution is 8.00. The normalized spacial score (nSPS) is 12.8. The number of aryl methyl sites for hydroxylation is 1. The van der Waals surface area contributed by atoms with Crippen LogP contribution in [0.5, 0.6) is 0 Å². The molecule has 2 aromatic carbocycles. The van der Waals surface area contributed by atoms with Gasteiger partial charge in [-0.05, 0) is 36.4 Å². The molecule has 26 heavy (non-hydrogen) atoms. The third kappa shape index (κ3) is 3.94. The Bertz CT molecular complexity index is 919. The van der Waals surface area contributed by atoms with Gasteiger partial charge in [0.15, 0.2) is 5.16 Å². The molecule has 0 aliphatic carbocycles. The van der Waals surface area contributed by atoms with Crippen LogP contribution in [0.3, 0.4) is 0 Å². The van der Waals surface area contributed by atoms with Gasteiger partial charge in [-0.1, -0.05) is 23.9 Å². The lowest BCUT2D eigenvalue weighted by atomic mass is 10.1. The van der Waals surface area contributed by atoms with Crippen LogP contribution >= 0.6 is 23.5 Å². The average Bonchev–Trinajstić information content (AvgIpc) is 3.23. The lowest BCUT2D eigenvalue weighted by molar-refractivity contribution is -0.113. The van der Waals surface area contributed by atoms with Gasteiger partial charge in [-0.15, -0.1) is 11.8 Å². The second-order valence-corrected chi connectivity index (χ2v) is 7.93. The van der Waals surface area contributed by atoms with Crippen molar-refractivity contribution in [3.63, 3.8) is 0 Å². The molecule has 0 saturated carbocycles. The van der Waals surface area contributed by atoms with Crippen LogP contribution in [0.4, 0.5) is 10.1 Å². The molecule has 0 unspecified atom stereocenters. The molecule has 7 heteroatoms. The third-order valence-corrected chi connectivity index (χ3v) is 5.91. The number of benzene rings is 2. The summed E-state index contributed by atoms with van der Waals surface area (Å²) < 4.78 is 15.1. The monoisotopic (exact) mass is 385 g/mol. The smallest absolute Gasteiger partial charge is 0.234 e. The second-order valence-electron chi connectivity index (χ2n) is 5.82. The van der Waals surface area contributed by atoms with Crippen molar-refractivity contribution < 1.29 is 9.18 Å². The maximum absolute atomic E-state index is 12.9. The molecule has 1 N–H and O–H groups in total. The van der Waals surface area contributed by atoms with E-state index in [2.05, 4.69) is 21.1 Å². The Kier molecular flexibility index (Phi) is 4.99. The van der Waals surface area contributed by atoms with Crippen molar-refractivity contribution in [1.82, 2.24) is 9.55 Å². The summed E-state index contributed by atoms with van der Waals surface area (Å²) in [5.41, 5.74) is 2.65. The summed E-state index contributed by atoms with van der Waals surface area (Å²) in [6.45, 7) is 0.990. The predicted molar refractivity (Wildman–Crippen MR) is 104 cm³/mol. The van der Waals surface area contributed by atoms with E-state index in [-0.39, 0.29) is 17.5 Å². The van der Waals surface area contributed by atoms with Crippen LogP contribution in [-0.4, -0.2) is 27.0 Å². The first kappa shape index (κ1) is 17.2. The van der Waals surface area contributed by atoms with Gasteiger partial charge in [-0.3, -0.25) is 4.79 Å². The van der Waals surface area contributed by atoms with Crippen molar-refractivity contribution in [2.45, 2.75) is 16.6 Å². The maximum Gasteiger partial charge on any atom is 0.234 e. The van der Waals surface area contributed by atoms with Gasteiger partial charge in [0.1, 0.15) is 5.82 Å². The van der Waals surface area contributed by atoms with E-state index in [1.54, 1.807) is 23.9 Å². The second kappa shape index (κ2) is 7.55. The molecule has 1 amide bonds. The Balaban J connectivity index is 1.40. The molecular weight excluding hydrogens is 369 g/mol. The van der Waals surface area contributed by atoms with Gasteiger partial charge >= 0.3 is 0 Å². The van der Waals surface area contributed by atoms with Gasteiger partial charge in [0.25, 0.3) is 0 Å². The van der Waals surface area contributed by atoms with E-state index in [4.69, 9.17) is 0 Å². The van der Waals surface area contributed by atoms with E-state index in [0.29, 0.717) is 0 Å². The summed E-state index contributed by atoms with van der Waals surface area (Å²) in [6.07, 6.45) is 2.06. The highest BCUT2D eigenvalue weighted by Gasteiger charge is 2.15. The fourth-order valence-corrected chi connectivity index (χ4v) is 4.32. The largest absolute Gasteiger partial charge is 0.325 e. The lowest BCUT2D eigenvalue weighted by Gasteiger charge is -2.07. The number of anilines is 1. The molecule has 2 heterocycles. The van der Waals surface area contributed by atoms with Crippen LogP contribution in [-0.2, 0) is 11.3 Å². The highest BCUT2D eigenvalue weighted by Crippen LogP contribution is 2.30. The molecule has 0 bridgehead atoms. The van der Waals surface area contributed by atoms with Crippen molar-refractivity contribution in [2.24, 2.45) is 0 Å². The highest BCUT2D eigenvalue weighted by atomic mass is 32.2. The topological polar surface area (TPSA) is 46.9 Å². The number of thioether (sulfide) groups is 2. The van der Waals surface area contributed by atoms with Crippen molar-refractivity contribution in [3.8, 4) is 11.3 Å². The first-order valence-electron chi connectivity index (χ1n) is 8.16. The number of amides is 1. The molecule has 1 aromatic heterocycles. The Hall–Kier alpha value is -2.25. The van der Waals surface area contributed by atoms with Crippen LogP contribution in [0.15, 0.2) is 64.8 Å². The van der Waals surface area contributed by atoms with Crippen LogP contribution < -0.4 is 5.32 Å². The number of carbonyl (C=O) groups excluding carboxylic acids is 1. The van der Waals surface area contributed by atoms with E-state index in [9.17, 15) is 9.18 Å². The number of fused-ring (bicyclic) bond motifs is 1. The molecule has 0 fully saturated rings. The number of hydrogen-bond donors (Lipinski definition) is 1. The van der Waals surface area contributed by atoms with E-state index < -0.39 is 0 Å². The Morgan fingerprint density at radius 3 is 2.92 bits per heavy atom. The van der Waals surface area contributed by atoms with Crippen LogP contribution in [0.25, 0.3) is 11.3 Å². The lowest BCUT2D eigenvalue weighted by Crippen LogP contribution is -2.13. The summed E-state index contributed by atoms with van der Waals surface area (Å²) >= 11 is 3.14.